The van der Waals surface area contributed by atoms with Gasteiger partial charge in [0.2, 0.25) is 5.91 Å². The Hall–Kier alpha value is -3.09. The monoisotopic (exact) mass is 445 g/mol. The average molecular weight is 446 g/mol. The molecular formula is C27H31N3O3. The summed E-state index contributed by atoms with van der Waals surface area (Å²) < 4.78 is 11.4. The molecule has 0 spiro atoms. The fourth-order valence-corrected chi connectivity index (χ4v) is 4.76. The minimum Gasteiger partial charge on any atom is -0.464 e. The lowest BCUT2D eigenvalue weighted by molar-refractivity contribution is -0.122. The third-order valence-electron chi connectivity index (χ3n) is 6.70. The molecule has 2 aromatic heterocycles. The number of H-pyrrole nitrogens is 1. The van der Waals surface area contributed by atoms with Gasteiger partial charge in [-0.3, -0.25) is 9.69 Å². The van der Waals surface area contributed by atoms with Crippen molar-refractivity contribution in [3.8, 4) is 0 Å². The molecule has 1 atom stereocenters. The summed E-state index contributed by atoms with van der Waals surface area (Å²) in [6, 6.07) is 14.7. The summed E-state index contributed by atoms with van der Waals surface area (Å²) in [6.07, 6.45) is 2.63. The Morgan fingerprint density at radius 3 is 2.94 bits per heavy atom. The first kappa shape index (κ1) is 21.7. The lowest BCUT2D eigenvalue weighted by atomic mass is 9.99. The van der Waals surface area contributed by atoms with Crippen LogP contribution in [-0.2, 0) is 22.5 Å². The highest BCUT2D eigenvalue weighted by Crippen LogP contribution is 2.23. The molecule has 1 aliphatic rings. The van der Waals surface area contributed by atoms with E-state index in [9.17, 15) is 4.79 Å². The number of furan rings is 1. The maximum absolute atomic E-state index is 12.7. The maximum atomic E-state index is 12.7. The molecule has 1 unspecified atom stereocenters. The number of nitrogens with zero attached hydrogens (tertiary/aromatic N) is 1. The molecule has 5 rings (SSSR count). The van der Waals surface area contributed by atoms with Gasteiger partial charge >= 0.3 is 0 Å². The van der Waals surface area contributed by atoms with Gasteiger partial charge in [0.25, 0.3) is 0 Å². The molecular weight excluding hydrogens is 414 g/mol. The first-order valence-electron chi connectivity index (χ1n) is 11.7. The summed E-state index contributed by atoms with van der Waals surface area (Å²) >= 11 is 0. The Labute approximate surface area is 193 Å². The van der Waals surface area contributed by atoms with Crippen LogP contribution in [0.25, 0.3) is 21.9 Å². The van der Waals surface area contributed by atoms with Gasteiger partial charge in [-0.1, -0.05) is 18.2 Å². The number of amides is 1. The van der Waals surface area contributed by atoms with Gasteiger partial charge in [0.15, 0.2) is 0 Å². The van der Waals surface area contributed by atoms with E-state index in [4.69, 9.17) is 9.15 Å². The van der Waals surface area contributed by atoms with Crippen molar-refractivity contribution in [2.75, 3.05) is 32.8 Å². The second-order valence-corrected chi connectivity index (χ2v) is 9.20. The highest BCUT2D eigenvalue weighted by molar-refractivity contribution is 5.85. The number of ether oxygens (including phenoxy) is 1. The van der Waals surface area contributed by atoms with Crippen LogP contribution in [0, 0.1) is 19.8 Å². The Balaban J connectivity index is 1.16. The Kier molecular flexibility index (Phi) is 6.20. The van der Waals surface area contributed by atoms with Crippen LogP contribution in [0.4, 0.5) is 0 Å². The Morgan fingerprint density at radius 1 is 1.15 bits per heavy atom. The highest BCUT2D eigenvalue weighted by atomic mass is 16.5. The Morgan fingerprint density at radius 2 is 2.03 bits per heavy atom. The molecule has 6 nitrogen and oxygen atoms in total. The summed E-state index contributed by atoms with van der Waals surface area (Å²) in [4.78, 5) is 18.3. The van der Waals surface area contributed by atoms with Crippen LogP contribution in [-0.4, -0.2) is 48.6 Å². The summed E-state index contributed by atoms with van der Waals surface area (Å²) in [6.45, 7) is 8.13. The minimum absolute atomic E-state index is 0.0507. The van der Waals surface area contributed by atoms with E-state index in [1.54, 1.807) is 6.26 Å². The van der Waals surface area contributed by atoms with Crippen molar-refractivity contribution < 1.29 is 13.9 Å². The van der Waals surface area contributed by atoms with Crippen LogP contribution in [0.15, 0.2) is 53.1 Å². The molecule has 4 aromatic rings. The molecule has 1 saturated heterocycles. The van der Waals surface area contributed by atoms with E-state index in [2.05, 4.69) is 65.4 Å². The molecule has 3 heterocycles. The summed E-state index contributed by atoms with van der Waals surface area (Å²) in [5.41, 5.74) is 6.86. The van der Waals surface area contributed by atoms with Crippen LogP contribution in [0.5, 0.6) is 0 Å². The number of benzene rings is 2. The van der Waals surface area contributed by atoms with Gasteiger partial charge in [0, 0.05) is 41.6 Å². The zero-order valence-corrected chi connectivity index (χ0v) is 19.3. The largest absolute Gasteiger partial charge is 0.464 e. The lowest BCUT2D eigenvalue weighted by Crippen LogP contribution is -2.40. The molecule has 2 N–H and O–H groups in total. The minimum atomic E-state index is 0.0507. The number of hydrogen-bond donors (Lipinski definition) is 2. The maximum Gasteiger partial charge on any atom is 0.234 e. The standard InChI is InChI=1S/C27H31N3O3/c1-18-19(2)29-25-6-4-21(12-24(18)25)14-28-27(31)16-30-8-10-32-17-22(15-30)11-20-3-5-23-7-9-33-26(23)13-20/h3-7,9,12-13,22,29H,8,10-11,14-17H2,1-2H3,(H,28,31). The number of rotatable bonds is 6. The van der Waals surface area contributed by atoms with Crippen molar-refractivity contribution in [1.29, 1.82) is 0 Å². The van der Waals surface area contributed by atoms with Gasteiger partial charge in [-0.05, 0) is 67.1 Å². The number of nitrogens with one attached hydrogen (secondary N) is 2. The number of aromatic amines is 1. The van der Waals surface area contributed by atoms with E-state index in [1.807, 2.05) is 6.07 Å². The number of hydrogen-bond acceptors (Lipinski definition) is 4. The summed E-state index contributed by atoms with van der Waals surface area (Å²) in [5.74, 6) is 0.393. The zero-order valence-electron chi connectivity index (χ0n) is 19.3. The van der Waals surface area contributed by atoms with Crippen LogP contribution in [0.2, 0.25) is 0 Å². The second-order valence-electron chi connectivity index (χ2n) is 9.20. The van der Waals surface area contributed by atoms with Gasteiger partial charge in [-0.2, -0.15) is 0 Å². The van der Waals surface area contributed by atoms with Gasteiger partial charge in [-0.25, -0.2) is 0 Å². The van der Waals surface area contributed by atoms with Crippen molar-refractivity contribution >= 4 is 27.8 Å². The first-order valence-corrected chi connectivity index (χ1v) is 11.7. The van der Waals surface area contributed by atoms with E-state index < -0.39 is 0 Å². The van der Waals surface area contributed by atoms with Gasteiger partial charge in [0.05, 0.1) is 26.0 Å². The molecule has 172 valence electrons. The lowest BCUT2D eigenvalue weighted by Gasteiger charge is -2.23. The predicted molar refractivity (Wildman–Crippen MR) is 130 cm³/mol. The summed E-state index contributed by atoms with van der Waals surface area (Å²) in [5, 5.41) is 5.44. The van der Waals surface area contributed by atoms with Gasteiger partial charge in [-0.15, -0.1) is 0 Å². The zero-order chi connectivity index (χ0) is 22.8. The van der Waals surface area contributed by atoms with Crippen LogP contribution < -0.4 is 5.32 Å². The first-order chi connectivity index (χ1) is 16.0. The molecule has 1 aliphatic heterocycles. The van der Waals surface area contributed by atoms with Crippen molar-refractivity contribution in [2.24, 2.45) is 5.92 Å². The van der Waals surface area contributed by atoms with Gasteiger partial charge in [0.1, 0.15) is 5.58 Å². The normalized spacial score (nSPS) is 17.5. The quantitative estimate of drug-likeness (QED) is 0.463. The molecule has 33 heavy (non-hydrogen) atoms. The molecule has 0 saturated carbocycles. The predicted octanol–water partition coefficient (Wildman–Crippen LogP) is 4.34. The van der Waals surface area contributed by atoms with E-state index >= 15 is 0 Å². The van der Waals surface area contributed by atoms with Crippen molar-refractivity contribution in [3.05, 3.63) is 71.1 Å². The second kappa shape index (κ2) is 9.41. The molecule has 1 fully saturated rings. The number of aryl methyl sites for hydroxylation is 2. The molecule has 0 bridgehead atoms. The van der Waals surface area contributed by atoms with E-state index in [1.165, 1.54) is 22.2 Å². The third kappa shape index (κ3) is 4.97. The Bertz CT molecular complexity index is 1270. The molecule has 0 radical (unpaired) electrons. The van der Waals surface area contributed by atoms with Crippen LogP contribution in [0.3, 0.4) is 0 Å². The summed E-state index contributed by atoms with van der Waals surface area (Å²) in [7, 11) is 0. The van der Waals surface area contributed by atoms with E-state index in [0.29, 0.717) is 32.2 Å². The average Bonchev–Trinajstić information content (AvgIpc) is 3.30. The molecule has 6 heteroatoms. The number of aromatic nitrogens is 1. The van der Waals surface area contributed by atoms with E-state index in [0.717, 1.165) is 41.6 Å². The van der Waals surface area contributed by atoms with Crippen molar-refractivity contribution in [1.82, 2.24) is 15.2 Å². The molecule has 1 amide bonds. The van der Waals surface area contributed by atoms with Crippen LogP contribution in [0.1, 0.15) is 22.4 Å². The fourth-order valence-electron chi connectivity index (χ4n) is 4.76. The fraction of sp³-hybridized carbons (Fsp3) is 0.370. The smallest absolute Gasteiger partial charge is 0.234 e. The SMILES string of the molecule is Cc1[nH]c2ccc(CNC(=O)CN3CCOCC(Cc4ccc5ccoc5c4)C3)cc2c1C. The molecule has 0 aliphatic carbocycles. The number of carbonyl (C=O) groups excluding carboxylic acids is 1. The number of carbonyl (C=O) groups is 1. The van der Waals surface area contributed by atoms with Crippen molar-refractivity contribution in [2.45, 2.75) is 26.8 Å². The molecule has 2 aromatic carbocycles. The van der Waals surface area contributed by atoms with Crippen molar-refractivity contribution in [3.63, 3.8) is 0 Å². The van der Waals surface area contributed by atoms with E-state index in [-0.39, 0.29) is 5.91 Å². The topological polar surface area (TPSA) is 70.5 Å². The number of fused-ring (bicyclic) bond motifs is 2. The van der Waals surface area contributed by atoms with Crippen LogP contribution >= 0.6 is 0 Å². The van der Waals surface area contributed by atoms with Gasteiger partial charge < -0.3 is 19.5 Å². The highest BCUT2D eigenvalue weighted by Gasteiger charge is 2.21. The third-order valence-corrected chi connectivity index (χ3v) is 6.70.